The monoisotopic (exact) mass is 325 g/mol. The molecule has 0 saturated carbocycles. The largest absolute Gasteiger partial charge is 0.478 e. The summed E-state index contributed by atoms with van der Waals surface area (Å²) in [5.41, 5.74) is 3.86. The zero-order chi connectivity index (χ0) is 17.1. The van der Waals surface area contributed by atoms with Crippen LogP contribution in [0.25, 0.3) is 0 Å². The first kappa shape index (κ1) is 16.2. The summed E-state index contributed by atoms with van der Waals surface area (Å²) >= 11 is 0. The molecule has 0 spiro atoms. The Morgan fingerprint density at radius 3 is 2.62 bits per heavy atom. The molecule has 0 unspecified atom stereocenters. The number of aryl methyl sites for hydroxylation is 3. The Balaban J connectivity index is 1.74. The molecule has 3 rings (SSSR count). The number of ketones is 1. The quantitative estimate of drug-likeness (QED) is 0.472. The summed E-state index contributed by atoms with van der Waals surface area (Å²) in [7, 11) is 0. The van der Waals surface area contributed by atoms with Gasteiger partial charge in [0, 0.05) is 11.6 Å². The van der Waals surface area contributed by atoms with Gasteiger partial charge in [-0.1, -0.05) is 18.2 Å². The first-order valence-electron chi connectivity index (χ1n) is 8.07. The number of hydrogen-bond acceptors (Lipinski definition) is 4. The lowest BCUT2D eigenvalue weighted by molar-refractivity contribution is -0.385. The topological polar surface area (TPSA) is 69.4 Å². The zero-order valence-electron chi connectivity index (χ0n) is 13.6. The summed E-state index contributed by atoms with van der Waals surface area (Å²) in [5, 5.41) is 11.0. The summed E-state index contributed by atoms with van der Waals surface area (Å²) in [5.74, 6) is -0.0366. The minimum Gasteiger partial charge on any atom is -0.478 e. The lowest BCUT2D eigenvalue weighted by Crippen LogP contribution is -2.14. The van der Waals surface area contributed by atoms with Gasteiger partial charge in [0.2, 0.25) is 0 Å². The number of nitro benzene ring substituents is 1. The summed E-state index contributed by atoms with van der Waals surface area (Å²) < 4.78 is 5.45. The summed E-state index contributed by atoms with van der Waals surface area (Å²) in [6, 6.07) is 10.4. The lowest BCUT2D eigenvalue weighted by atomic mass is 9.90. The van der Waals surface area contributed by atoms with Crippen molar-refractivity contribution >= 4 is 11.5 Å². The molecule has 2 aromatic rings. The average Bonchev–Trinajstić information content (AvgIpc) is 2.59. The number of fused-ring (bicyclic) bond motifs is 1. The Morgan fingerprint density at radius 2 is 1.88 bits per heavy atom. The van der Waals surface area contributed by atoms with Gasteiger partial charge < -0.3 is 4.74 Å². The minimum absolute atomic E-state index is 0.126. The van der Waals surface area contributed by atoms with Crippen molar-refractivity contribution in [2.24, 2.45) is 0 Å². The Hall–Kier alpha value is -2.69. The minimum atomic E-state index is -0.502. The fourth-order valence-corrected chi connectivity index (χ4v) is 3.02. The normalized spacial score (nSPS) is 13.2. The van der Waals surface area contributed by atoms with Gasteiger partial charge in [0.15, 0.2) is 18.1 Å². The maximum absolute atomic E-state index is 12.4. The zero-order valence-corrected chi connectivity index (χ0v) is 13.6. The van der Waals surface area contributed by atoms with Crippen molar-refractivity contribution in [1.29, 1.82) is 0 Å². The van der Waals surface area contributed by atoms with Crippen molar-refractivity contribution in [3.63, 3.8) is 0 Å². The molecular formula is C19H19NO4. The van der Waals surface area contributed by atoms with Crippen LogP contribution in [0.4, 0.5) is 5.69 Å². The van der Waals surface area contributed by atoms with Crippen LogP contribution in [0, 0.1) is 17.0 Å². The molecule has 0 N–H and O–H groups in total. The van der Waals surface area contributed by atoms with Crippen LogP contribution in [0.3, 0.4) is 0 Å². The van der Waals surface area contributed by atoms with E-state index in [2.05, 4.69) is 0 Å². The molecule has 5 nitrogen and oxygen atoms in total. The molecule has 1 aliphatic carbocycles. The first-order valence-corrected chi connectivity index (χ1v) is 8.07. The van der Waals surface area contributed by atoms with Gasteiger partial charge in [0.05, 0.1) is 4.92 Å². The molecule has 0 amide bonds. The predicted octanol–water partition coefficient (Wildman–Crippen LogP) is 4.04. The van der Waals surface area contributed by atoms with Crippen molar-refractivity contribution < 1.29 is 14.5 Å². The Kier molecular flexibility index (Phi) is 4.60. The van der Waals surface area contributed by atoms with Gasteiger partial charge in [-0.25, -0.2) is 0 Å². The summed E-state index contributed by atoms with van der Waals surface area (Å²) in [6.07, 6.45) is 4.41. The van der Waals surface area contributed by atoms with Gasteiger partial charge in [-0.15, -0.1) is 0 Å². The fourth-order valence-electron chi connectivity index (χ4n) is 3.02. The van der Waals surface area contributed by atoms with E-state index in [-0.39, 0.29) is 23.8 Å². The maximum atomic E-state index is 12.4. The van der Waals surface area contributed by atoms with Crippen LogP contribution in [0.5, 0.6) is 5.75 Å². The molecule has 24 heavy (non-hydrogen) atoms. The highest BCUT2D eigenvalue weighted by Crippen LogP contribution is 2.28. The van der Waals surface area contributed by atoms with Crippen molar-refractivity contribution in [2.45, 2.75) is 32.6 Å². The van der Waals surface area contributed by atoms with E-state index in [1.807, 2.05) is 25.1 Å². The number of ether oxygens (including phenoxy) is 1. The molecule has 124 valence electrons. The highest BCUT2D eigenvalue weighted by atomic mass is 16.6. The Labute approximate surface area is 140 Å². The molecule has 0 radical (unpaired) electrons. The van der Waals surface area contributed by atoms with Gasteiger partial charge >= 0.3 is 5.69 Å². The molecular weight excluding hydrogens is 306 g/mol. The van der Waals surface area contributed by atoms with E-state index in [0.717, 1.165) is 24.8 Å². The van der Waals surface area contributed by atoms with Crippen molar-refractivity contribution in [3.8, 4) is 5.75 Å². The van der Waals surface area contributed by atoms with Crippen molar-refractivity contribution in [2.75, 3.05) is 6.61 Å². The van der Waals surface area contributed by atoms with Gasteiger partial charge in [-0.3, -0.25) is 14.9 Å². The third-order valence-electron chi connectivity index (χ3n) is 4.34. The third kappa shape index (κ3) is 3.45. The van der Waals surface area contributed by atoms with Gasteiger partial charge in [0.1, 0.15) is 0 Å². The van der Waals surface area contributed by atoms with E-state index in [1.165, 1.54) is 23.6 Å². The molecule has 0 aromatic heterocycles. The van der Waals surface area contributed by atoms with E-state index in [1.54, 1.807) is 12.1 Å². The summed E-state index contributed by atoms with van der Waals surface area (Å²) in [4.78, 5) is 22.9. The number of Topliss-reactive ketones (excluding diaryl/α,β-unsaturated/α-hetero) is 1. The Morgan fingerprint density at radius 1 is 1.12 bits per heavy atom. The molecule has 0 atom stereocenters. The number of nitrogens with zero attached hydrogens (tertiary/aromatic N) is 1. The van der Waals surface area contributed by atoms with Crippen molar-refractivity contribution in [1.82, 2.24) is 0 Å². The molecule has 1 aliphatic rings. The molecule has 0 fully saturated rings. The smallest absolute Gasteiger partial charge is 0.310 e. The van der Waals surface area contributed by atoms with Crippen molar-refractivity contribution in [3.05, 3.63) is 68.8 Å². The fraction of sp³-hybridized carbons (Fsp3) is 0.316. The lowest BCUT2D eigenvalue weighted by Gasteiger charge is -2.16. The number of benzene rings is 2. The molecule has 0 heterocycles. The molecule has 0 bridgehead atoms. The van der Waals surface area contributed by atoms with Crippen LogP contribution in [-0.4, -0.2) is 17.3 Å². The first-order chi connectivity index (χ1) is 11.5. The number of carbonyl (C=O) groups excluding carboxylic acids is 1. The predicted molar refractivity (Wildman–Crippen MR) is 90.7 cm³/mol. The molecule has 2 aromatic carbocycles. The average molecular weight is 325 g/mol. The Bertz CT molecular complexity index is 798. The van der Waals surface area contributed by atoms with Crippen LogP contribution in [0.2, 0.25) is 0 Å². The van der Waals surface area contributed by atoms with E-state index < -0.39 is 4.92 Å². The maximum Gasteiger partial charge on any atom is 0.310 e. The molecule has 0 saturated heterocycles. The van der Waals surface area contributed by atoms with Crippen LogP contribution in [-0.2, 0) is 12.8 Å². The number of nitro groups is 1. The second-order valence-electron chi connectivity index (χ2n) is 6.13. The van der Waals surface area contributed by atoms with Gasteiger partial charge in [-0.2, -0.15) is 0 Å². The highest BCUT2D eigenvalue weighted by Gasteiger charge is 2.18. The third-order valence-corrected chi connectivity index (χ3v) is 4.34. The molecule has 0 aliphatic heterocycles. The second-order valence-corrected chi connectivity index (χ2v) is 6.13. The SMILES string of the molecule is Cc1ccc([N+](=O)[O-])c(OCC(=O)c2ccc3c(c2)CCCC3)c1. The van der Waals surface area contributed by atoms with E-state index in [0.29, 0.717) is 5.56 Å². The second kappa shape index (κ2) is 6.83. The van der Waals surface area contributed by atoms with Gasteiger partial charge in [0.25, 0.3) is 0 Å². The van der Waals surface area contributed by atoms with E-state index in [9.17, 15) is 14.9 Å². The van der Waals surface area contributed by atoms with Crippen LogP contribution >= 0.6 is 0 Å². The molecule has 5 heteroatoms. The number of carbonyl (C=O) groups is 1. The van der Waals surface area contributed by atoms with Gasteiger partial charge in [-0.05, 0) is 61.4 Å². The standard InChI is InChI=1S/C19H19NO4/c1-13-6-9-17(20(22)23)19(10-13)24-12-18(21)16-8-7-14-4-2-3-5-15(14)11-16/h6-11H,2-5,12H2,1H3. The number of rotatable bonds is 5. The van der Waals surface area contributed by atoms with E-state index in [4.69, 9.17) is 4.74 Å². The van der Waals surface area contributed by atoms with Crippen LogP contribution in [0.15, 0.2) is 36.4 Å². The highest BCUT2D eigenvalue weighted by molar-refractivity contribution is 5.97. The summed E-state index contributed by atoms with van der Waals surface area (Å²) in [6.45, 7) is 1.62. The van der Waals surface area contributed by atoms with Crippen LogP contribution in [0.1, 0.15) is 39.9 Å². The van der Waals surface area contributed by atoms with Crippen LogP contribution < -0.4 is 4.74 Å². The van der Waals surface area contributed by atoms with E-state index >= 15 is 0 Å². The number of hydrogen-bond donors (Lipinski definition) is 0.